The summed E-state index contributed by atoms with van der Waals surface area (Å²) in [4.78, 5) is 37.3. The van der Waals surface area contributed by atoms with Crippen LogP contribution in [0.25, 0.3) is 22.5 Å². The standard InChI is InChI=1S/C30H40N5O4PS/c1-3-35-30-25-16-8-9-17-26(25)34(22-23-14-6-7-15-24(23)29(30)32-33-35)28(37)19-11-10-18-27(36)31-20-12-4-5-13-21-39-40(2,38)41/h6-9,14-17H,3-5,10-13,18-22H2,1-2H3,(H,31,36)(H,38,41). The molecule has 2 aromatic carbocycles. The Hall–Kier alpha value is -2.91. The molecule has 4 rings (SSSR count). The SMILES string of the molecule is CCn1nnc2c1-c1ccccc1N(C(=O)CCCCC(=O)NCCCCCCOP(C)(O)=S)Cc1ccccc1-2. The zero-order valence-corrected chi connectivity index (χ0v) is 25.6. The van der Waals surface area contributed by atoms with Gasteiger partial charge in [-0.25, -0.2) is 4.68 Å². The molecule has 2 N–H and O–H groups in total. The maximum atomic E-state index is 13.6. The van der Waals surface area contributed by atoms with E-state index >= 15 is 0 Å². The van der Waals surface area contributed by atoms with Crippen LogP contribution >= 0.6 is 6.49 Å². The van der Waals surface area contributed by atoms with Gasteiger partial charge < -0.3 is 19.6 Å². The molecule has 2 heterocycles. The first-order valence-corrected chi connectivity index (χ1v) is 17.5. The number of nitrogens with zero attached hydrogens (tertiary/aromatic N) is 4. The van der Waals surface area contributed by atoms with Crippen LogP contribution in [-0.2, 0) is 39.0 Å². The Balaban J connectivity index is 1.29. The third kappa shape index (κ3) is 8.55. The summed E-state index contributed by atoms with van der Waals surface area (Å²) in [5.74, 6) is 0.0569. The molecule has 0 fully saturated rings. The first-order chi connectivity index (χ1) is 19.8. The van der Waals surface area contributed by atoms with Gasteiger partial charge in [-0.2, -0.15) is 0 Å². The van der Waals surface area contributed by atoms with E-state index in [0.29, 0.717) is 51.9 Å². The van der Waals surface area contributed by atoms with Crippen LogP contribution in [0.3, 0.4) is 0 Å². The Labute approximate surface area is 247 Å². The summed E-state index contributed by atoms with van der Waals surface area (Å²) >= 11 is 4.85. The van der Waals surface area contributed by atoms with Crippen LogP contribution in [0.5, 0.6) is 0 Å². The molecule has 1 unspecified atom stereocenters. The fourth-order valence-corrected chi connectivity index (χ4v) is 5.78. The molecule has 1 aromatic heterocycles. The van der Waals surface area contributed by atoms with Gasteiger partial charge in [-0.15, -0.1) is 5.10 Å². The Morgan fingerprint density at radius 2 is 1.71 bits per heavy atom. The number of hydrogen-bond acceptors (Lipinski definition) is 6. The van der Waals surface area contributed by atoms with Crippen molar-refractivity contribution in [2.45, 2.75) is 71.4 Å². The molecule has 1 aliphatic heterocycles. The second-order valence-electron chi connectivity index (χ2n) is 10.4. The number of unbranched alkanes of at least 4 members (excludes halogenated alkanes) is 4. The van der Waals surface area contributed by atoms with Crippen molar-refractivity contribution in [3.8, 4) is 22.5 Å². The van der Waals surface area contributed by atoms with E-state index in [1.807, 2.05) is 65.0 Å². The maximum absolute atomic E-state index is 13.6. The third-order valence-corrected chi connectivity index (χ3v) is 8.13. The lowest BCUT2D eigenvalue weighted by Gasteiger charge is -2.28. The average molecular weight is 598 g/mol. The van der Waals surface area contributed by atoms with Crippen molar-refractivity contribution in [1.82, 2.24) is 20.3 Å². The van der Waals surface area contributed by atoms with Crippen molar-refractivity contribution in [3.63, 3.8) is 0 Å². The molecule has 11 heteroatoms. The van der Waals surface area contributed by atoms with Crippen LogP contribution in [0.4, 0.5) is 5.69 Å². The van der Waals surface area contributed by atoms with Gasteiger partial charge in [0.1, 0.15) is 5.69 Å². The molecular weight excluding hydrogens is 557 g/mol. The number of aromatic nitrogens is 3. The first kappa shape index (κ1) is 31.0. The molecule has 0 spiro atoms. The van der Waals surface area contributed by atoms with Gasteiger partial charge in [0.2, 0.25) is 11.8 Å². The highest BCUT2D eigenvalue weighted by Gasteiger charge is 2.28. The summed E-state index contributed by atoms with van der Waals surface area (Å²) in [6.07, 6.45) is 5.76. The van der Waals surface area contributed by atoms with E-state index < -0.39 is 6.49 Å². The highest BCUT2D eigenvalue weighted by molar-refractivity contribution is 8.09. The number of aryl methyl sites for hydroxylation is 1. The fourth-order valence-electron chi connectivity index (χ4n) is 5.09. The van der Waals surface area contributed by atoms with Gasteiger partial charge in [-0.3, -0.25) is 9.59 Å². The minimum atomic E-state index is -2.56. The topological polar surface area (TPSA) is 110 Å². The van der Waals surface area contributed by atoms with Crippen LogP contribution in [0.1, 0.15) is 63.9 Å². The number of para-hydroxylation sites is 1. The number of carbonyl (C=O) groups is 2. The molecule has 1 atom stereocenters. The fraction of sp³-hybridized carbons (Fsp3) is 0.467. The van der Waals surface area contributed by atoms with Gasteiger partial charge in [-0.1, -0.05) is 60.5 Å². The minimum absolute atomic E-state index is 0.0196. The average Bonchev–Trinajstić information content (AvgIpc) is 3.37. The number of rotatable bonds is 14. The summed E-state index contributed by atoms with van der Waals surface area (Å²) in [5.41, 5.74) is 5.57. The number of nitrogens with one attached hydrogen (secondary N) is 1. The molecule has 0 radical (unpaired) electrons. The zero-order chi connectivity index (χ0) is 29.2. The second kappa shape index (κ2) is 14.8. The Morgan fingerprint density at radius 1 is 1.00 bits per heavy atom. The van der Waals surface area contributed by atoms with Crippen LogP contribution < -0.4 is 10.2 Å². The number of benzene rings is 2. The van der Waals surface area contributed by atoms with E-state index in [-0.39, 0.29) is 11.8 Å². The molecular formula is C30H40N5O4PS. The van der Waals surface area contributed by atoms with Crippen molar-refractivity contribution >= 4 is 35.8 Å². The molecule has 220 valence electrons. The quantitative estimate of drug-likeness (QED) is 0.182. The molecule has 0 saturated heterocycles. The van der Waals surface area contributed by atoms with E-state index in [4.69, 9.17) is 16.3 Å². The smallest absolute Gasteiger partial charge is 0.227 e. The van der Waals surface area contributed by atoms with E-state index in [0.717, 1.165) is 59.4 Å². The first-order valence-electron chi connectivity index (χ1n) is 14.4. The number of carbonyl (C=O) groups excluding carboxylic acids is 2. The van der Waals surface area contributed by atoms with E-state index in [1.165, 1.54) is 0 Å². The van der Waals surface area contributed by atoms with Crippen molar-refractivity contribution in [1.29, 1.82) is 0 Å². The largest absolute Gasteiger partial charge is 0.356 e. The highest BCUT2D eigenvalue weighted by atomic mass is 32.5. The van der Waals surface area contributed by atoms with Crippen LogP contribution in [0.2, 0.25) is 0 Å². The van der Waals surface area contributed by atoms with Crippen LogP contribution in [-0.4, -0.2) is 51.5 Å². The van der Waals surface area contributed by atoms with E-state index in [9.17, 15) is 14.5 Å². The summed E-state index contributed by atoms with van der Waals surface area (Å²) in [5, 5.41) is 11.9. The molecule has 1 aliphatic rings. The van der Waals surface area contributed by atoms with Crippen molar-refractivity contribution < 1.29 is 19.0 Å². The summed E-state index contributed by atoms with van der Waals surface area (Å²) in [7, 11) is 0. The molecule has 41 heavy (non-hydrogen) atoms. The maximum Gasteiger partial charge on any atom is 0.227 e. The van der Waals surface area contributed by atoms with Gasteiger partial charge in [-0.05, 0) is 56.0 Å². The lowest BCUT2D eigenvalue weighted by molar-refractivity contribution is -0.122. The van der Waals surface area contributed by atoms with Crippen molar-refractivity contribution in [2.75, 3.05) is 24.7 Å². The molecule has 0 saturated carbocycles. The van der Waals surface area contributed by atoms with Gasteiger partial charge >= 0.3 is 0 Å². The van der Waals surface area contributed by atoms with Crippen molar-refractivity contribution in [3.05, 3.63) is 54.1 Å². The van der Waals surface area contributed by atoms with Crippen LogP contribution in [0.15, 0.2) is 48.5 Å². The van der Waals surface area contributed by atoms with Gasteiger partial charge in [0.25, 0.3) is 0 Å². The van der Waals surface area contributed by atoms with Gasteiger partial charge in [0.05, 0.1) is 24.5 Å². The molecule has 9 nitrogen and oxygen atoms in total. The zero-order valence-electron chi connectivity index (χ0n) is 23.9. The third-order valence-electron chi connectivity index (χ3n) is 7.16. The molecule has 2 amide bonds. The summed E-state index contributed by atoms with van der Waals surface area (Å²) in [6.45, 7) is 3.26. The Kier molecular flexibility index (Phi) is 11.2. The second-order valence-corrected chi connectivity index (χ2v) is 14.3. The van der Waals surface area contributed by atoms with E-state index in [2.05, 4.69) is 15.6 Å². The van der Waals surface area contributed by atoms with Crippen LogP contribution in [0, 0.1) is 0 Å². The predicted molar refractivity (Wildman–Crippen MR) is 166 cm³/mol. The number of amides is 2. The lowest BCUT2D eigenvalue weighted by atomic mass is 9.95. The van der Waals surface area contributed by atoms with Crippen molar-refractivity contribution in [2.24, 2.45) is 0 Å². The number of anilines is 1. The minimum Gasteiger partial charge on any atom is -0.356 e. The Bertz CT molecular complexity index is 1390. The number of hydrogen-bond donors (Lipinski definition) is 2. The number of fused-ring (bicyclic) bond motifs is 5. The molecule has 0 bridgehead atoms. The lowest BCUT2D eigenvalue weighted by Crippen LogP contribution is -2.31. The van der Waals surface area contributed by atoms with Gasteiger partial charge in [0, 0.05) is 43.7 Å². The monoisotopic (exact) mass is 597 g/mol. The van der Waals surface area contributed by atoms with E-state index in [1.54, 1.807) is 6.66 Å². The van der Waals surface area contributed by atoms with Gasteiger partial charge in [0.15, 0.2) is 6.49 Å². The molecule has 0 aliphatic carbocycles. The Morgan fingerprint density at radius 3 is 2.49 bits per heavy atom. The highest BCUT2D eigenvalue weighted by Crippen LogP contribution is 2.41. The molecule has 3 aromatic rings. The summed E-state index contributed by atoms with van der Waals surface area (Å²) in [6, 6.07) is 16.0. The normalized spacial score (nSPS) is 13.8. The predicted octanol–water partition coefficient (Wildman–Crippen LogP) is 5.66. The summed E-state index contributed by atoms with van der Waals surface area (Å²) < 4.78 is 7.12.